The van der Waals surface area contributed by atoms with E-state index in [1.165, 1.54) is 0 Å². The Morgan fingerprint density at radius 1 is 1.21 bits per heavy atom. The van der Waals surface area contributed by atoms with Crippen molar-refractivity contribution in [1.82, 2.24) is 0 Å². The first-order chi connectivity index (χ1) is 6.93. The van der Waals surface area contributed by atoms with Crippen LogP contribution in [0.3, 0.4) is 0 Å². The smallest absolute Gasteiger partial charge is 0.0765 e. The van der Waals surface area contributed by atoms with Gasteiger partial charge in [0.1, 0.15) is 0 Å². The lowest BCUT2D eigenvalue weighted by Crippen LogP contribution is -1.98. The van der Waals surface area contributed by atoms with Gasteiger partial charge >= 0.3 is 0 Å². The van der Waals surface area contributed by atoms with E-state index in [2.05, 4.69) is 35.5 Å². The minimum Gasteiger partial charge on any atom is -0.374 e. The van der Waals surface area contributed by atoms with Crippen LogP contribution in [0.25, 0.3) is 0 Å². The van der Waals surface area contributed by atoms with E-state index < -0.39 is 0 Å². The molecule has 1 rings (SSSR count). The second kappa shape index (κ2) is 6.85. The molecule has 1 heteroatoms. The highest BCUT2D eigenvalue weighted by Crippen LogP contribution is 2.12. The molecule has 1 aliphatic heterocycles. The zero-order chi connectivity index (χ0) is 10.1. The maximum atomic E-state index is 5.39. The Morgan fingerprint density at radius 3 is 2.79 bits per heavy atom. The van der Waals surface area contributed by atoms with E-state index in [-0.39, 0.29) is 6.10 Å². The lowest BCUT2D eigenvalue weighted by Gasteiger charge is -1.98. The zero-order valence-electron chi connectivity index (χ0n) is 8.26. The summed E-state index contributed by atoms with van der Waals surface area (Å²) in [6, 6.07) is 0. The maximum Gasteiger partial charge on any atom is 0.0765 e. The van der Waals surface area contributed by atoms with E-state index in [9.17, 15) is 0 Å². The normalized spacial score (nSPS) is 18.8. The average molecular weight is 184 g/mol. The fourth-order valence-electron chi connectivity index (χ4n) is 1.11. The molecule has 0 N–H and O–H groups in total. The lowest BCUT2D eigenvalue weighted by atomic mass is 10.2. The van der Waals surface area contributed by atoms with Gasteiger partial charge in [-0.2, -0.15) is 0 Å². The van der Waals surface area contributed by atoms with Crippen molar-refractivity contribution in [3.8, 4) is 35.5 Å². The van der Waals surface area contributed by atoms with Gasteiger partial charge < -0.3 is 4.74 Å². The monoisotopic (exact) mass is 184 g/mol. The SMILES string of the molecule is CC#CC#CC#C/C=C/C1CCCO1. The Morgan fingerprint density at radius 2 is 2.07 bits per heavy atom. The number of allylic oxidation sites excluding steroid dienone is 1. The Kier molecular flexibility index (Phi) is 5.12. The molecule has 1 nitrogen and oxygen atoms in total. The van der Waals surface area contributed by atoms with Gasteiger partial charge in [0.05, 0.1) is 6.10 Å². The van der Waals surface area contributed by atoms with Gasteiger partial charge in [0.2, 0.25) is 0 Å². The average Bonchev–Trinajstić information content (AvgIpc) is 2.69. The van der Waals surface area contributed by atoms with E-state index in [1.807, 2.05) is 6.08 Å². The lowest BCUT2D eigenvalue weighted by molar-refractivity contribution is 0.145. The van der Waals surface area contributed by atoms with Gasteiger partial charge in [0.25, 0.3) is 0 Å². The quantitative estimate of drug-likeness (QED) is 0.564. The van der Waals surface area contributed by atoms with Crippen molar-refractivity contribution in [3.63, 3.8) is 0 Å². The summed E-state index contributed by atoms with van der Waals surface area (Å²) in [6.45, 7) is 2.62. The molecule has 0 bridgehead atoms. The highest BCUT2D eigenvalue weighted by atomic mass is 16.5. The molecular weight excluding hydrogens is 172 g/mol. The molecule has 0 saturated carbocycles. The number of ether oxygens (including phenoxy) is 1. The van der Waals surface area contributed by atoms with E-state index in [0.29, 0.717) is 0 Å². The number of rotatable bonds is 1. The van der Waals surface area contributed by atoms with Crippen molar-refractivity contribution in [2.75, 3.05) is 6.61 Å². The van der Waals surface area contributed by atoms with Crippen molar-refractivity contribution in [1.29, 1.82) is 0 Å². The fraction of sp³-hybridized carbons (Fsp3) is 0.385. The Bertz CT molecular complexity index is 365. The van der Waals surface area contributed by atoms with Crippen molar-refractivity contribution in [2.24, 2.45) is 0 Å². The molecule has 0 aromatic carbocycles. The molecule has 14 heavy (non-hydrogen) atoms. The van der Waals surface area contributed by atoms with E-state index in [1.54, 1.807) is 13.0 Å². The molecule has 1 heterocycles. The highest BCUT2D eigenvalue weighted by molar-refractivity contribution is 5.37. The number of hydrogen-bond acceptors (Lipinski definition) is 1. The molecule has 1 saturated heterocycles. The van der Waals surface area contributed by atoms with Crippen molar-refractivity contribution < 1.29 is 4.74 Å². The van der Waals surface area contributed by atoms with E-state index in [0.717, 1.165) is 19.4 Å². The van der Waals surface area contributed by atoms with Gasteiger partial charge in [0.15, 0.2) is 0 Å². The van der Waals surface area contributed by atoms with E-state index >= 15 is 0 Å². The molecule has 1 fully saturated rings. The Hall–Kier alpha value is -1.62. The fourth-order valence-corrected chi connectivity index (χ4v) is 1.11. The molecule has 0 amide bonds. The summed E-state index contributed by atoms with van der Waals surface area (Å²) in [5.74, 6) is 16.0. The molecule has 0 radical (unpaired) electrons. The van der Waals surface area contributed by atoms with Gasteiger partial charge in [-0.25, -0.2) is 0 Å². The Balaban J connectivity index is 2.30. The summed E-state index contributed by atoms with van der Waals surface area (Å²) in [5.41, 5.74) is 0. The maximum absolute atomic E-state index is 5.39. The van der Waals surface area contributed by atoms with Crippen LogP contribution in [0.4, 0.5) is 0 Å². The molecule has 70 valence electrons. The van der Waals surface area contributed by atoms with Crippen LogP contribution in [0.5, 0.6) is 0 Å². The molecular formula is C13H12O. The molecule has 0 aliphatic carbocycles. The molecule has 1 aliphatic rings. The van der Waals surface area contributed by atoms with Gasteiger partial charge in [-0.1, -0.05) is 11.8 Å². The van der Waals surface area contributed by atoms with Crippen LogP contribution in [0, 0.1) is 35.5 Å². The molecule has 0 aromatic rings. The molecule has 0 spiro atoms. The summed E-state index contributed by atoms with van der Waals surface area (Å²) in [7, 11) is 0. The second-order valence-corrected chi connectivity index (χ2v) is 2.80. The van der Waals surface area contributed by atoms with Crippen molar-refractivity contribution in [2.45, 2.75) is 25.9 Å². The standard InChI is InChI=1S/C13H12O/c1-2-3-4-5-6-7-8-10-13-11-9-12-14-13/h8,10,13H,9,11-12H2,1H3/b10-8+. The first-order valence-electron chi connectivity index (χ1n) is 4.64. The van der Waals surface area contributed by atoms with Crippen LogP contribution in [0.1, 0.15) is 19.8 Å². The molecule has 0 aromatic heterocycles. The summed E-state index contributed by atoms with van der Waals surface area (Å²) >= 11 is 0. The summed E-state index contributed by atoms with van der Waals surface area (Å²) in [4.78, 5) is 0. The van der Waals surface area contributed by atoms with Crippen molar-refractivity contribution in [3.05, 3.63) is 12.2 Å². The van der Waals surface area contributed by atoms with Gasteiger partial charge in [-0.15, -0.1) is 0 Å². The third-order valence-electron chi connectivity index (χ3n) is 1.74. The van der Waals surface area contributed by atoms with Crippen LogP contribution in [-0.4, -0.2) is 12.7 Å². The largest absolute Gasteiger partial charge is 0.374 e. The third kappa shape index (κ3) is 4.42. The third-order valence-corrected chi connectivity index (χ3v) is 1.74. The topological polar surface area (TPSA) is 9.23 Å². The van der Waals surface area contributed by atoms with Crippen LogP contribution in [-0.2, 0) is 4.74 Å². The summed E-state index contributed by atoms with van der Waals surface area (Å²) < 4.78 is 5.39. The van der Waals surface area contributed by atoms with Crippen LogP contribution in [0.2, 0.25) is 0 Å². The van der Waals surface area contributed by atoms with Crippen LogP contribution < -0.4 is 0 Å². The van der Waals surface area contributed by atoms with Crippen LogP contribution >= 0.6 is 0 Å². The van der Waals surface area contributed by atoms with Gasteiger partial charge in [-0.05, 0) is 55.6 Å². The molecule has 1 unspecified atom stereocenters. The number of hydrogen-bond donors (Lipinski definition) is 0. The predicted octanol–water partition coefficient (Wildman–Crippen LogP) is 1.75. The minimum atomic E-state index is 0.257. The zero-order valence-corrected chi connectivity index (χ0v) is 8.26. The van der Waals surface area contributed by atoms with E-state index in [4.69, 9.17) is 4.74 Å². The van der Waals surface area contributed by atoms with Crippen molar-refractivity contribution >= 4 is 0 Å². The van der Waals surface area contributed by atoms with Gasteiger partial charge in [0, 0.05) is 6.61 Å². The highest BCUT2D eigenvalue weighted by Gasteiger charge is 2.10. The second-order valence-electron chi connectivity index (χ2n) is 2.80. The van der Waals surface area contributed by atoms with Crippen LogP contribution in [0.15, 0.2) is 12.2 Å². The first-order valence-corrected chi connectivity index (χ1v) is 4.64. The summed E-state index contributed by atoms with van der Waals surface area (Å²) in [6.07, 6.45) is 6.28. The first kappa shape index (κ1) is 10.5. The predicted molar refractivity (Wildman–Crippen MR) is 57.1 cm³/mol. The summed E-state index contributed by atoms with van der Waals surface area (Å²) in [5, 5.41) is 0. The van der Waals surface area contributed by atoms with Gasteiger partial charge in [-0.3, -0.25) is 0 Å². The minimum absolute atomic E-state index is 0.257. The Labute approximate surface area is 85.5 Å². The molecule has 1 atom stereocenters.